The van der Waals surface area contributed by atoms with Gasteiger partial charge in [0, 0.05) is 12.0 Å². The van der Waals surface area contributed by atoms with Crippen molar-refractivity contribution in [2.24, 2.45) is 0 Å². The van der Waals surface area contributed by atoms with E-state index in [4.69, 9.17) is 4.42 Å². The molecule has 0 bridgehead atoms. The number of rotatable bonds is 2. The van der Waals surface area contributed by atoms with Gasteiger partial charge in [0.25, 0.3) is 5.56 Å². The summed E-state index contributed by atoms with van der Waals surface area (Å²) in [7, 11) is 0. The van der Waals surface area contributed by atoms with Crippen molar-refractivity contribution in [3.63, 3.8) is 0 Å². The highest BCUT2D eigenvalue weighted by Crippen LogP contribution is 2.38. The first-order valence-corrected chi connectivity index (χ1v) is 5.40. The van der Waals surface area contributed by atoms with E-state index in [0.29, 0.717) is 17.5 Å². The van der Waals surface area contributed by atoms with Gasteiger partial charge in [-0.05, 0) is 31.4 Å². The number of aromatic nitrogens is 2. The molecule has 0 amide bonds. The quantitative estimate of drug-likeness (QED) is 0.837. The van der Waals surface area contributed by atoms with Crippen molar-refractivity contribution in [3.8, 4) is 11.6 Å². The Bertz CT molecular complexity index is 579. The van der Waals surface area contributed by atoms with Gasteiger partial charge in [0.15, 0.2) is 11.6 Å². The van der Waals surface area contributed by atoms with Gasteiger partial charge < -0.3 is 9.40 Å². The van der Waals surface area contributed by atoms with Gasteiger partial charge in [0.2, 0.25) is 0 Å². The fourth-order valence-corrected chi connectivity index (χ4v) is 1.79. The van der Waals surface area contributed by atoms with Gasteiger partial charge in [0.05, 0.1) is 12.0 Å². The van der Waals surface area contributed by atoms with Crippen LogP contribution in [0.4, 0.5) is 0 Å². The zero-order chi connectivity index (χ0) is 11.1. The van der Waals surface area contributed by atoms with E-state index in [0.717, 1.165) is 24.1 Å². The van der Waals surface area contributed by atoms with E-state index in [1.807, 2.05) is 13.0 Å². The van der Waals surface area contributed by atoms with Crippen LogP contribution in [0.25, 0.3) is 11.6 Å². The summed E-state index contributed by atoms with van der Waals surface area (Å²) in [5, 5.41) is 0. The van der Waals surface area contributed by atoms with E-state index < -0.39 is 0 Å². The van der Waals surface area contributed by atoms with Crippen LogP contribution in [0, 0.1) is 6.92 Å². The highest BCUT2D eigenvalue weighted by molar-refractivity contribution is 5.51. The molecule has 82 valence electrons. The summed E-state index contributed by atoms with van der Waals surface area (Å²) < 4.78 is 5.33. The van der Waals surface area contributed by atoms with Gasteiger partial charge >= 0.3 is 0 Å². The van der Waals surface area contributed by atoms with E-state index in [1.165, 1.54) is 0 Å². The third kappa shape index (κ3) is 1.56. The van der Waals surface area contributed by atoms with Crippen LogP contribution < -0.4 is 5.56 Å². The number of furan rings is 1. The molecule has 2 aromatic rings. The summed E-state index contributed by atoms with van der Waals surface area (Å²) >= 11 is 0. The fourth-order valence-electron chi connectivity index (χ4n) is 1.79. The molecule has 1 aliphatic rings. The Balaban J connectivity index is 2.13. The molecule has 3 rings (SSSR count). The largest absolute Gasteiger partial charge is 0.461 e. The Kier molecular flexibility index (Phi) is 1.96. The molecule has 4 heteroatoms. The van der Waals surface area contributed by atoms with Crippen LogP contribution in [-0.4, -0.2) is 9.97 Å². The van der Waals surface area contributed by atoms with Gasteiger partial charge in [-0.1, -0.05) is 0 Å². The Hall–Kier alpha value is -1.84. The molecule has 1 aliphatic carbocycles. The molecule has 0 aromatic carbocycles. The average molecular weight is 216 g/mol. The van der Waals surface area contributed by atoms with Crippen LogP contribution >= 0.6 is 0 Å². The van der Waals surface area contributed by atoms with Crippen molar-refractivity contribution in [3.05, 3.63) is 40.0 Å². The molecule has 16 heavy (non-hydrogen) atoms. The molecule has 1 saturated carbocycles. The van der Waals surface area contributed by atoms with Gasteiger partial charge in [-0.25, -0.2) is 4.98 Å². The molecule has 0 spiro atoms. The topological polar surface area (TPSA) is 58.9 Å². The lowest BCUT2D eigenvalue weighted by atomic mass is 10.2. The minimum atomic E-state index is -0.109. The Labute approximate surface area is 92.3 Å². The van der Waals surface area contributed by atoms with E-state index in [9.17, 15) is 4.79 Å². The second kappa shape index (κ2) is 3.33. The molecular weight excluding hydrogens is 204 g/mol. The Morgan fingerprint density at radius 2 is 2.31 bits per heavy atom. The third-order valence-electron chi connectivity index (χ3n) is 2.83. The zero-order valence-corrected chi connectivity index (χ0v) is 8.99. The first-order valence-electron chi connectivity index (χ1n) is 5.40. The molecule has 2 aromatic heterocycles. The molecule has 0 unspecified atom stereocenters. The Morgan fingerprint density at radius 3 is 2.94 bits per heavy atom. The Morgan fingerprint density at radius 1 is 1.50 bits per heavy atom. The van der Waals surface area contributed by atoms with Crippen molar-refractivity contribution >= 4 is 0 Å². The predicted molar refractivity (Wildman–Crippen MR) is 59.3 cm³/mol. The van der Waals surface area contributed by atoms with Gasteiger partial charge in [-0.3, -0.25) is 4.79 Å². The first-order chi connectivity index (χ1) is 7.74. The molecule has 2 heterocycles. The van der Waals surface area contributed by atoms with E-state index in [2.05, 4.69) is 9.97 Å². The highest BCUT2D eigenvalue weighted by Gasteiger charge is 2.26. The van der Waals surface area contributed by atoms with E-state index in [1.54, 1.807) is 12.3 Å². The van der Waals surface area contributed by atoms with E-state index >= 15 is 0 Å². The molecule has 1 fully saturated rings. The second-order valence-corrected chi connectivity index (χ2v) is 4.23. The number of aromatic amines is 1. The summed E-state index contributed by atoms with van der Waals surface area (Å²) in [4.78, 5) is 18.7. The lowest BCUT2D eigenvalue weighted by Gasteiger charge is -2.01. The number of H-pyrrole nitrogens is 1. The van der Waals surface area contributed by atoms with Crippen LogP contribution in [0.5, 0.6) is 0 Å². The number of nitrogens with one attached hydrogen (secondary N) is 1. The normalized spacial score (nSPS) is 15.3. The lowest BCUT2D eigenvalue weighted by Crippen LogP contribution is -2.09. The SMILES string of the molecule is Cc1ccoc1-c1nc(C2CC2)cc(=O)[nH]1. The maximum Gasteiger partial charge on any atom is 0.251 e. The highest BCUT2D eigenvalue weighted by atomic mass is 16.3. The number of nitrogens with zero attached hydrogens (tertiary/aromatic N) is 1. The minimum Gasteiger partial charge on any atom is -0.461 e. The lowest BCUT2D eigenvalue weighted by molar-refractivity contribution is 0.574. The van der Waals surface area contributed by atoms with Crippen molar-refractivity contribution in [2.75, 3.05) is 0 Å². The van der Waals surface area contributed by atoms with Crippen LogP contribution in [0.2, 0.25) is 0 Å². The van der Waals surface area contributed by atoms with Gasteiger partial charge in [-0.15, -0.1) is 0 Å². The molecule has 4 nitrogen and oxygen atoms in total. The number of hydrogen-bond donors (Lipinski definition) is 1. The first kappa shape index (κ1) is 9.39. The van der Waals surface area contributed by atoms with Crippen LogP contribution in [0.3, 0.4) is 0 Å². The zero-order valence-electron chi connectivity index (χ0n) is 8.99. The molecule has 0 saturated heterocycles. The summed E-state index contributed by atoms with van der Waals surface area (Å²) in [5.74, 6) is 1.66. The van der Waals surface area contributed by atoms with Crippen molar-refractivity contribution in [1.82, 2.24) is 9.97 Å². The molecule has 0 aliphatic heterocycles. The summed E-state index contributed by atoms with van der Waals surface area (Å²) in [6, 6.07) is 3.44. The molecule has 0 atom stereocenters. The fraction of sp³-hybridized carbons (Fsp3) is 0.333. The van der Waals surface area contributed by atoms with Crippen LogP contribution in [0.15, 0.2) is 27.6 Å². The van der Waals surface area contributed by atoms with Crippen molar-refractivity contribution < 1.29 is 4.42 Å². The van der Waals surface area contributed by atoms with Crippen LogP contribution in [0.1, 0.15) is 30.0 Å². The third-order valence-corrected chi connectivity index (χ3v) is 2.83. The van der Waals surface area contributed by atoms with E-state index in [-0.39, 0.29) is 5.56 Å². The maximum atomic E-state index is 11.5. The monoisotopic (exact) mass is 216 g/mol. The van der Waals surface area contributed by atoms with Crippen molar-refractivity contribution in [2.45, 2.75) is 25.7 Å². The summed E-state index contributed by atoms with van der Waals surface area (Å²) in [5.41, 5.74) is 1.76. The van der Waals surface area contributed by atoms with Gasteiger partial charge in [-0.2, -0.15) is 0 Å². The predicted octanol–water partition coefficient (Wildman–Crippen LogP) is 2.22. The van der Waals surface area contributed by atoms with Gasteiger partial charge in [0.1, 0.15) is 0 Å². The number of hydrogen-bond acceptors (Lipinski definition) is 3. The summed E-state index contributed by atoms with van der Waals surface area (Å²) in [6.45, 7) is 1.93. The molecule has 1 N–H and O–H groups in total. The van der Waals surface area contributed by atoms with Crippen molar-refractivity contribution in [1.29, 1.82) is 0 Å². The number of aryl methyl sites for hydroxylation is 1. The molecular formula is C12H12N2O2. The minimum absolute atomic E-state index is 0.109. The maximum absolute atomic E-state index is 11.5. The average Bonchev–Trinajstić information content (AvgIpc) is 3.01. The smallest absolute Gasteiger partial charge is 0.251 e. The standard InChI is InChI=1S/C12H12N2O2/c1-7-4-5-16-11(7)12-13-9(8-2-3-8)6-10(15)14-12/h4-6,8H,2-3H2,1H3,(H,13,14,15). The summed E-state index contributed by atoms with van der Waals surface area (Å²) in [6.07, 6.45) is 3.87. The van der Waals surface area contributed by atoms with Crippen LogP contribution in [-0.2, 0) is 0 Å². The second-order valence-electron chi connectivity index (χ2n) is 4.23. The molecule has 0 radical (unpaired) electrons.